The highest BCUT2D eigenvalue weighted by atomic mass is 32.2. The maximum atomic E-state index is 13.1. The van der Waals surface area contributed by atoms with Crippen LogP contribution in [0, 0.1) is 0 Å². The van der Waals surface area contributed by atoms with E-state index in [1.807, 2.05) is 42.6 Å². The molecule has 10 heteroatoms. The van der Waals surface area contributed by atoms with Crippen LogP contribution in [0.2, 0.25) is 0 Å². The van der Waals surface area contributed by atoms with Crippen molar-refractivity contribution in [2.45, 2.75) is 38.5 Å². The van der Waals surface area contributed by atoms with Gasteiger partial charge in [-0.05, 0) is 71.7 Å². The third-order valence-corrected chi connectivity index (χ3v) is 9.59. The van der Waals surface area contributed by atoms with Gasteiger partial charge in [0.1, 0.15) is 5.75 Å². The fourth-order valence-corrected chi connectivity index (χ4v) is 7.17. The second kappa shape index (κ2) is 12.8. The van der Waals surface area contributed by atoms with Crippen LogP contribution < -0.4 is 15.8 Å². The second-order valence-corrected chi connectivity index (χ2v) is 12.8. The summed E-state index contributed by atoms with van der Waals surface area (Å²) >= 11 is 0. The number of nitrogens with two attached hydrogens (primary N) is 1. The summed E-state index contributed by atoms with van der Waals surface area (Å²) in [5.74, 6) is 0.216. The molecule has 1 aromatic heterocycles. The zero-order valence-corrected chi connectivity index (χ0v) is 24.5. The summed E-state index contributed by atoms with van der Waals surface area (Å²) < 4.78 is 33.5. The first-order chi connectivity index (χ1) is 20.2. The van der Waals surface area contributed by atoms with Gasteiger partial charge in [-0.1, -0.05) is 36.4 Å². The van der Waals surface area contributed by atoms with Gasteiger partial charge in [0.15, 0.2) is 0 Å². The number of nitrogens with zero attached hydrogens (tertiary/aromatic N) is 1. The Labute approximate surface area is 246 Å². The number of piperidine rings is 1. The van der Waals surface area contributed by atoms with E-state index >= 15 is 0 Å². The number of hydrogen-bond acceptors (Lipinski definition) is 5. The third-order valence-electron chi connectivity index (χ3n) is 7.63. The molecule has 220 valence electrons. The number of anilines is 1. The van der Waals surface area contributed by atoms with Gasteiger partial charge in [0.05, 0.1) is 18.8 Å². The van der Waals surface area contributed by atoms with Gasteiger partial charge < -0.3 is 20.8 Å². The van der Waals surface area contributed by atoms with Crippen molar-refractivity contribution in [1.29, 1.82) is 0 Å². The minimum Gasteiger partial charge on any atom is -0.493 e. The van der Waals surface area contributed by atoms with Crippen molar-refractivity contribution in [1.82, 2.24) is 9.29 Å². The van der Waals surface area contributed by atoms with Crippen LogP contribution in [0.4, 0.5) is 5.69 Å². The first-order valence-electron chi connectivity index (χ1n) is 14.2. The summed E-state index contributed by atoms with van der Waals surface area (Å²) in [4.78, 5) is 26.5. The molecule has 0 saturated carbocycles. The molecule has 1 aliphatic rings. The molecule has 1 aliphatic heterocycles. The van der Waals surface area contributed by atoms with E-state index in [9.17, 15) is 18.0 Å². The number of rotatable bonds is 11. The standard InChI is InChI=1S/C32H36N4O5S/c1-22(37)35-27-9-5-10-28(20-27)41-15-6-16-42(39,40)36-13-11-24(12-14-36)30-21-34-32-26(19-31(33)38)17-25(18-29(30)32)23-7-3-2-4-8-23/h2-5,7-10,17-18,20-21,24,34H,6,11-16,19H2,1H3,(H2,33,38)(H,35,37). The Morgan fingerprint density at radius 3 is 2.50 bits per heavy atom. The van der Waals surface area contributed by atoms with Crippen LogP contribution in [0.1, 0.15) is 43.2 Å². The molecule has 4 aromatic rings. The molecule has 3 aromatic carbocycles. The number of nitrogens with one attached hydrogen (secondary N) is 2. The zero-order chi connectivity index (χ0) is 29.7. The SMILES string of the molecule is CC(=O)Nc1cccc(OCCCS(=O)(=O)N2CCC(c3c[nH]c4c(CC(N)=O)cc(-c5ccccc5)cc34)CC2)c1. The molecule has 0 radical (unpaired) electrons. The second-order valence-electron chi connectivity index (χ2n) is 10.7. The molecule has 5 rings (SSSR count). The molecule has 0 unspecified atom stereocenters. The molecular formula is C32H36N4O5S. The van der Waals surface area contributed by atoms with E-state index in [1.54, 1.807) is 28.6 Å². The fraction of sp³-hybridized carbons (Fsp3) is 0.312. The van der Waals surface area contributed by atoms with Gasteiger partial charge in [-0.15, -0.1) is 0 Å². The first-order valence-corrected chi connectivity index (χ1v) is 15.8. The molecule has 0 aliphatic carbocycles. The van der Waals surface area contributed by atoms with Gasteiger partial charge in [0, 0.05) is 48.9 Å². The number of carbonyl (C=O) groups is 2. The highest BCUT2D eigenvalue weighted by Crippen LogP contribution is 2.37. The first kappa shape index (κ1) is 29.3. The molecule has 1 saturated heterocycles. The number of H-pyrrole nitrogens is 1. The molecule has 2 heterocycles. The summed E-state index contributed by atoms with van der Waals surface area (Å²) in [6, 6.07) is 21.2. The van der Waals surface area contributed by atoms with E-state index in [0.717, 1.165) is 33.2 Å². The highest BCUT2D eigenvalue weighted by molar-refractivity contribution is 7.89. The predicted octanol–water partition coefficient (Wildman–Crippen LogP) is 4.80. The number of aromatic nitrogens is 1. The largest absolute Gasteiger partial charge is 0.493 e. The molecule has 4 N–H and O–H groups in total. The van der Waals surface area contributed by atoms with E-state index in [1.165, 1.54) is 6.92 Å². The number of aromatic amines is 1. The van der Waals surface area contributed by atoms with Crippen LogP contribution in [0.15, 0.2) is 72.9 Å². The molecule has 2 amide bonds. The zero-order valence-electron chi connectivity index (χ0n) is 23.6. The van der Waals surface area contributed by atoms with Crippen molar-refractivity contribution >= 4 is 38.4 Å². The van der Waals surface area contributed by atoms with E-state index in [2.05, 4.69) is 16.4 Å². The summed E-state index contributed by atoms with van der Waals surface area (Å²) in [6.07, 6.45) is 3.91. The lowest BCUT2D eigenvalue weighted by atomic mass is 9.88. The Bertz CT molecular complexity index is 1680. The van der Waals surface area contributed by atoms with E-state index < -0.39 is 10.0 Å². The number of carbonyl (C=O) groups excluding carboxylic acids is 2. The monoisotopic (exact) mass is 588 g/mol. The number of ether oxygens (including phenoxy) is 1. The van der Waals surface area contributed by atoms with Crippen molar-refractivity contribution in [3.8, 4) is 16.9 Å². The Hall–Kier alpha value is -4.15. The van der Waals surface area contributed by atoms with Crippen LogP contribution in [0.5, 0.6) is 5.75 Å². The molecule has 42 heavy (non-hydrogen) atoms. The maximum absolute atomic E-state index is 13.1. The Balaban J connectivity index is 1.22. The Morgan fingerprint density at radius 1 is 1.02 bits per heavy atom. The van der Waals surface area contributed by atoms with E-state index in [4.69, 9.17) is 10.5 Å². The van der Waals surface area contributed by atoms with Crippen LogP contribution in [0.3, 0.4) is 0 Å². The van der Waals surface area contributed by atoms with Crippen molar-refractivity contribution in [3.63, 3.8) is 0 Å². The number of hydrogen-bond donors (Lipinski definition) is 3. The molecule has 0 bridgehead atoms. The van der Waals surface area contributed by atoms with Crippen LogP contribution in [0.25, 0.3) is 22.0 Å². The van der Waals surface area contributed by atoms with Crippen LogP contribution in [-0.4, -0.2) is 55.0 Å². The van der Waals surface area contributed by atoms with Crippen molar-refractivity contribution < 1.29 is 22.7 Å². The lowest BCUT2D eigenvalue weighted by Gasteiger charge is -2.31. The van der Waals surface area contributed by atoms with Gasteiger partial charge in [-0.3, -0.25) is 9.59 Å². The quantitative estimate of drug-likeness (QED) is 0.216. The lowest BCUT2D eigenvalue weighted by Crippen LogP contribution is -2.39. The number of fused-ring (bicyclic) bond motifs is 1. The van der Waals surface area contributed by atoms with E-state index in [-0.39, 0.29) is 36.5 Å². The number of sulfonamides is 1. The van der Waals surface area contributed by atoms with Gasteiger partial charge in [-0.25, -0.2) is 12.7 Å². The Morgan fingerprint density at radius 2 is 1.79 bits per heavy atom. The summed E-state index contributed by atoms with van der Waals surface area (Å²) in [7, 11) is -3.42. The van der Waals surface area contributed by atoms with Crippen molar-refractivity contribution in [3.05, 3.63) is 84.1 Å². The Kier molecular flexibility index (Phi) is 8.94. The minimum atomic E-state index is -3.42. The van der Waals surface area contributed by atoms with E-state index in [0.29, 0.717) is 43.8 Å². The predicted molar refractivity (Wildman–Crippen MR) is 165 cm³/mol. The molecular weight excluding hydrogens is 552 g/mol. The highest BCUT2D eigenvalue weighted by Gasteiger charge is 2.30. The smallest absolute Gasteiger partial charge is 0.221 e. The molecule has 0 atom stereocenters. The average molecular weight is 589 g/mol. The number of primary amides is 1. The number of amides is 2. The van der Waals surface area contributed by atoms with Gasteiger partial charge in [-0.2, -0.15) is 0 Å². The topological polar surface area (TPSA) is 135 Å². The van der Waals surface area contributed by atoms with Crippen LogP contribution >= 0.6 is 0 Å². The minimum absolute atomic E-state index is 0.00700. The summed E-state index contributed by atoms with van der Waals surface area (Å²) in [6.45, 7) is 2.59. The van der Waals surface area contributed by atoms with Crippen molar-refractivity contribution in [2.24, 2.45) is 5.73 Å². The van der Waals surface area contributed by atoms with Crippen molar-refractivity contribution in [2.75, 3.05) is 30.8 Å². The van der Waals surface area contributed by atoms with Gasteiger partial charge in [0.2, 0.25) is 21.8 Å². The maximum Gasteiger partial charge on any atom is 0.221 e. The average Bonchev–Trinajstić information content (AvgIpc) is 3.40. The summed E-state index contributed by atoms with van der Waals surface area (Å²) in [5, 5.41) is 3.75. The molecule has 0 spiro atoms. The summed E-state index contributed by atoms with van der Waals surface area (Å²) in [5.41, 5.74) is 11.2. The van der Waals surface area contributed by atoms with Crippen LogP contribution in [-0.2, 0) is 26.0 Å². The fourth-order valence-electron chi connectivity index (χ4n) is 5.66. The number of benzene rings is 3. The third kappa shape index (κ3) is 7.00. The molecule has 1 fully saturated rings. The van der Waals surface area contributed by atoms with Gasteiger partial charge in [0.25, 0.3) is 0 Å². The normalized spacial score (nSPS) is 14.6. The van der Waals surface area contributed by atoms with Gasteiger partial charge >= 0.3 is 0 Å². The lowest BCUT2D eigenvalue weighted by molar-refractivity contribution is -0.117. The molecule has 9 nitrogen and oxygen atoms in total.